The van der Waals surface area contributed by atoms with Crippen molar-refractivity contribution in [3.63, 3.8) is 0 Å². The van der Waals surface area contributed by atoms with Crippen LogP contribution in [0.5, 0.6) is 0 Å². The normalized spacial score (nSPS) is 21.1. The number of carbonyl (C=O) groups is 1. The van der Waals surface area contributed by atoms with Crippen LogP contribution in [-0.2, 0) is 6.18 Å². The summed E-state index contributed by atoms with van der Waals surface area (Å²) in [5.74, 6) is -0.756. The Morgan fingerprint density at radius 1 is 1.16 bits per heavy atom. The van der Waals surface area contributed by atoms with E-state index in [1.165, 1.54) is 0 Å². The molecule has 3 rings (SSSR count). The zero-order valence-corrected chi connectivity index (χ0v) is 14.0. The van der Waals surface area contributed by atoms with Gasteiger partial charge in [0, 0.05) is 11.6 Å². The Hall–Kier alpha value is -1.93. The topological polar surface area (TPSA) is 62.2 Å². The number of halogens is 3. The van der Waals surface area contributed by atoms with Gasteiger partial charge in [0.1, 0.15) is 9.88 Å². The lowest BCUT2D eigenvalue weighted by molar-refractivity contribution is -0.141. The number of benzene rings is 1. The molecule has 0 aliphatic heterocycles. The standard InChI is InChI=1S/C17H17F3N2O2S/c18-17(19,20)14-13(15(24)21-11-6-8-12(23)9-7-11)25-16(22-14)10-4-2-1-3-5-10/h1-5,11-12,23H,6-9H2,(H,21,24). The summed E-state index contributed by atoms with van der Waals surface area (Å²) in [7, 11) is 0. The van der Waals surface area contributed by atoms with Gasteiger partial charge >= 0.3 is 6.18 Å². The maximum atomic E-state index is 13.3. The molecule has 1 aliphatic rings. The molecule has 1 heterocycles. The van der Waals surface area contributed by atoms with Crippen LogP contribution in [0.1, 0.15) is 41.0 Å². The predicted molar refractivity (Wildman–Crippen MR) is 88.3 cm³/mol. The van der Waals surface area contributed by atoms with Gasteiger partial charge in [-0.1, -0.05) is 30.3 Å². The number of aliphatic hydroxyl groups excluding tert-OH is 1. The van der Waals surface area contributed by atoms with E-state index in [-0.39, 0.29) is 11.0 Å². The zero-order valence-electron chi connectivity index (χ0n) is 13.2. The maximum Gasteiger partial charge on any atom is 0.435 e. The van der Waals surface area contributed by atoms with Crippen LogP contribution in [-0.4, -0.2) is 28.1 Å². The molecule has 1 aromatic heterocycles. The Morgan fingerprint density at radius 2 is 1.80 bits per heavy atom. The second-order valence-electron chi connectivity index (χ2n) is 6.04. The predicted octanol–water partition coefficient (Wildman–Crippen LogP) is 3.86. The number of nitrogens with zero attached hydrogens (tertiary/aromatic N) is 1. The molecule has 4 nitrogen and oxygen atoms in total. The summed E-state index contributed by atoms with van der Waals surface area (Å²) in [4.78, 5) is 15.7. The number of aromatic nitrogens is 1. The van der Waals surface area contributed by atoms with Gasteiger partial charge in [0.15, 0.2) is 5.69 Å². The highest BCUT2D eigenvalue weighted by Gasteiger charge is 2.40. The molecular formula is C17H17F3N2O2S. The molecule has 134 valence electrons. The summed E-state index contributed by atoms with van der Waals surface area (Å²) < 4.78 is 39.9. The molecule has 0 unspecified atom stereocenters. The average Bonchev–Trinajstić information content (AvgIpc) is 3.04. The van der Waals surface area contributed by atoms with Crippen LogP contribution in [0, 0.1) is 0 Å². The largest absolute Gasteiger partial charge is 0.435 e. The Morgan fingerprint density at radius 3 is 2.40 bits per heavy atom. The third-order valence-corrected chi connectivity index (χ3v) is 5.26. The molecular weight excluding hydrogens is 353 g/mol. The lowest BCUT2D eigenvalue weighted by atomic mass is 9.93. The monoisotopic (exact) mass is 370 g/mol. The SMILES string of the molecule is O=C(NC1CCC(O)CC1)c1sc(-c2ccccc2)nc1C(F)(F)F. The Labute approximate surface area is 146 Å². The highest BCUT2D eigenvalue weighted by atomic mass is 32.1. The van der Waals surface area contributed by atoms with Crippen molar-refractivity contribution in [2.75, 3.05) is 0 Å². The van der Waals surface area contributed by atoms with E-state index in [4.69, 9.17) is 0 Å². The second-order valence-corrected chi connectivity index (χ2v) is 7.04. The molecule has 1 aromatic carbocycles. The Balaban J connectivity index is 1.86. The van der Waals surface area contributed by atoms with Gasteiger partial charge in [-0.25, -0.2) is 4.98 Å². The summed E-state index contributed by atoms with van der Waals surface area (Å²) in [6.45, 7) is 0. The molecule has 1 amide bonds. The number of hydrogen-bond acceptors (Lipinski definition) is 4. The van der Waals surface area contributed by atoms with Gasteiger partial charge in [0.25, 0.3) is 5.91 Å². The van der Waals surface area contributed by atoms with E-state index in [1.54, 1.807) is 30.3 Å². The van der Waals surface area contributed by atoms with E-state index in [0.717, 1.165) is 11.3 Å². The van der Waals surface area contributed by atoms with Crippen LogP contribution in [0.2, 0.25) is 0 Å². The summed E-state index contributed by atoms with van der Waals surface area (Å²) in [6, 6.07) is 8.26. The van der Waals surface area contributed by atoms with Gasteiger partial charge in [-0.15, -0.1) is 11.3 Å². The average molecular weight is 370 g/mol. The first-order chi connectivity index (χ1) is 11.8. The fourth-order valence-corrected chi connectivity index (χ4v) is 3.84. The van der Waals surface area contributed by atoms with E-state index < -0.39 is 28.8 Å². The van der Waals surface area contributed by atoms with E-state index >= 15 is 0 Å². The number of carbonyl (C=O) groups excluding carboxylic acids is 1. The van der Waals surface area contributed by atoms with Crippen molar-refractivity contribution in [2.24, 2.45) is 0 Å². The molecule has 1 saturated carbocycles. The fourth-order valence-electron chi connectivity index (χ4n) is 2.84. The molecule has 1 fully saturated rings. The minimum Gasteiger partial charge on any atom is -0.393 e. The van der Waals surface area contributed by atoms with Crippen molar-refractivity contribution in [1.82, 2.24) is 10.3 Å². The first kappa shape index (κ1) is 17.9. The van der Waals surface area contributed by atoms with Gasteiger partial charge in [-0.2, -0.15) is 13.2 Å². The lowest BCUT2D eigenvalue weighted by Crippen LogP contribution is -2.38. The van der Waals surface area contributed by atoms with Crippen LogP contribution in [0.4, 0.5) is 13.2 Å². The highest BCUT2D eigenvalue weighted by Crippen LogP contribution is 2.37. The third-order valence-electron chi connectivity index (χ3n) is 4.15. The van der Waals surface area contributed by atoms with Crippen LogP contribution < -0.4 is 5.32 Å². The van der Waals surface area contributed by atoms with Crippen molar-refractivity contribution < 1.29 is 23.1 Å². The van der Waals surface area contributed by atoms with E-state index in [2.05, 4.69) is 10.3 Å². The van der Waals surface area contributed by atoms with Gasteiger partial charge in [0.05, 0.1) is 6.10 Å². The van der Waals surface area contributed by atoms with Crippen LogP contribution >= 0.6 is 11.3 Å². The number of hydrogen-bond donors (Lipinski definition) is 2. The first-order valence-electron chi connectivity index (χ1n) is 7.97. The third kappa shape index (κ3) is 4.19. The summed E-state index contributed by atoms with van der Waals surface area (Å²) in [5, 5.41) is 12.3. The van der Waals surface area contributed by atoms with Crippen LogP contribution in [0.15, 0.2) is 30.3 Å². The molecule has 1 aliphatic carbocycles. The van der Waals surface area contributed by atoms with Gasteiger partial charge in [-0.05, 0) is 25.7 Å². The number of amides is 1. The maximum absolute atomic E-state index is 13.3. The van der Waals surface area contributed by atoms with E-state index in [9.17, 15) is 23.1 Å². The smallest absolute Gasteiger partial charge is 0.393 e. The Kier molecular flexibility index (Phi) is 5.10. The van der Waals surface area contributed by atoms with E-state index in [1.807, 2.05) is 0 Å². The van der Waals surface area contributed by atoms with Crippen molar-refractivity contribution in [3.8, 4) is 10.6 Å². The van der Waals surface area contributed by atoms with Gasteiger partial charge < -0.3 is 10.4 Å². The van der Waals surface area contributed by atoms with Crippen molar-refractivity contribution in [2.45, 2.75) is 44.0 Å². The number of nitrogens with one attached hydrogen (secondary N) is 1. The molecule has 0 saturated heterocycles. The molecule has 8 heteroatoms. The fraction of sp³-hybridized carbons (Fsp3) is 0.412. The summed E-state index contributed by atoms with van der Waals surface area (Å²) in [5.41, 5.74) is -0.609. The van der Waals surface area contributed by atoms with E-state index in [0.29, 0.717) is 31.2 Å². The first-order valence-corrected chi connectivity index (χ1v) is 8.78. The minimum atomic E-state index is -4.70. The van der Waals surface area contributed by atoms with Gasteiger partial charge in [0.2, 0.25) is 0 Å². The van der Waals surface area contributed by atoms with Crippen LogP contribution in [0.3, 0.4) is 0 Å². The van der Waals surface area contributed by atoms with Crippen molar-refractivity contribution in [1.29, 1.82) is 0 Å². The lowest BCUT2D eigenvalue weighted by Gasteiger charge is -2.26. The van der Waals surface area contributed by atoms with Crippen molar-refractivity contribution >= 4 is 17.2 Å². The number of thiazole rings is 1. The Bertz CT molecular complexity index is 738. The van der Waals surface area contributed by atoms with Crippen LogP contribution in [0.25, 0.3) is 10.6 Å². The van der Waals surface area contributed by atoms with Gasteiger partial charge in [-0.3, -0.25) is 4.79 Å². The molecule has 2 N–H and O–H groups in total. The zero-order chi connectivity index (χ0) is 18.0. The summed E-state index contributed by atoms with van der Waals surface area (Å²) in [6.07, 6.45) is -2.91. The number of alkyl halides is 3. The molecule has 2 aromatic rings. The second kappa shape index (κ2) is 7.13. The molecule has 0 atom stereocenters. The minimum absolute atomic E-state index is 0.164. The number of rotatable bonds is 3. The van der Waals surface area contributed by atoms with Crippen molar-refractivity contribution in [3.05, 3.63) is 40.9 Å². The number of aliphatic hydroxyl groups is 1. The highest BCUT2D eigenvalue weighted by molar-refractivity contribution is 7.17. The quantitative estimate of drug-likeness (QED) is 0.862. The molecule has 0 radical (unpaired) electrons. The molecule has 25 heavy (non-hydrogen) atoms. The molecule has 0 spiro atoms. The molecule has 0 bridgehead atoms. The summed E-state index contributed by atoms with van der Waals surface area (Å²) >= 11 is 0.744.